The second kappa shape index (κ2) is 9.61. The molecule has 32 heavy (non-hydrogen) atoms. The molecule has 9 heteroatoms. The van der Waals surface area contributed by atoms with Crippen LogP contribution < -0.4 is 10.1 Å². The molecule has 0 unspecified atom stereocenters. The van der Waals surface area contributed by atoms with Crippen LogP contribution in [0.3, 0.4) is 0 Å². The van der Waals surface area contributed by atoms with Gasteiger partial charge in [0.15, 0.2) is 10.9 Å². The van der Waals surface area contributed by atoms with Crippen molar-refractivity contribution in [1.29, 1.82) is 0 Å². The molecule has 0 radical (unpaired) electrons. The lowest BCUT2D eigenvalue weighted by atomic mass is 10.2. The summed E-state index contributed by atoms with van der Waals surface area (Å²) in [7, 11) is 1.57. The molecule has 0 aliphatic heterocycles. The van der Waals surface area contributed by atoms with Gasteiger partial charge in [-0.3, -0.25) is 4.79 Å². The number of nitrogens with zero attached hydrogens (tertiary/aromatic N) is 5. The molecule has 0 aliphatic carbocycles. The minimum Gasteiger partial charge on any atom is -0.495 e. The molecular weight excluding hydrogens is 424 g/mol. The van der Waals surface area contributed by atoms with Crippen molar-refractivity contribution in [2.75, 3.05) is 12.4 Å². The Kier molecular flexibility index (Phi) is 6.46. The summed E-state index contributed by atoms with van der Waals surface area (Å²) in [6.07, 6.45) is 3.37. The predicted molar refractivity (Wildman–Crippen MR) is 123 cm³/mol. The van der Waals surface area contributed by atoms with E-state index in [4.69, 9.17) is 4.74 Å². The Morgan fingerprint density at radius 3 is 2.50 bits per heavy atom. The summed E-state index contributed by atoms with van der Waals surface area (Å²) in [6, 6.07) is 15.2. The van der Waals surface area contributed by atoms with Crippen LogP contribution in [0.25, 0.3) is 5.69 Å². The zero-order valence-electron chi connectivity index (χ0n) is 17.9. The molecular formula is C23H22N6O2S. The molecule has 2 heterocycles. The highest BCUT2D eigenvalue weighted by Gasteiger charge is 2.22. The number of benzene rings is 2. The number of carbonyl (C=O) groups is 1. The summed E-state index contributed by atoms with van der Waals surface area (Å²) in [4.78, 5) is 21.7. The van der Waals surface area contributed by atoms with Crippen molar-refractivity contribution < 1.29 is 9.53 Å². The first kappa shape index (κ1) is 21.5. The molecule has 1 amide bonds. The van der Waals surface area contributed by atoms with Gasteiger partial charge in [0, 0.05) is 18.1 Å². The Balaban J connectivity index is 1.68. The zero-order chi connectivity index (χ0) is 22.5. The molecule has 162 valence electrons. The highest BCUT2D eigenvalue weighted by Crippen LogP contribution is 2.27. The van der Waals surface area contributed by atoms with E-state index in [9.17, 15) is 4.79 Å². The van der Waals surface area contributed by atoms with Gasteiger partial charge < -0.3 is 10.1 Å². The summed E-state index contributed by atoms with van der Waals surface area (Å²) in [5.74, 6) is 0.624. The second-order valence-electron chi connectivity index (χ2n) is 7.11. The summed E-state index contributed by atoms with van der Waals surface area (Å²) >= 11 is 1.41. The third kappa shape index (κ3) is 4.78. The lowest BCUT2D eigenvalue weighted by molar-refractivity contribution is 0.102. The van der Waals surface area contributed by atoms with Gasteiger partial charge in [-0.2, -0.15) is 0 Å². The van der Waals surface area contributed by atoms with Crippen molar-refractivity contribution in [1.82, 2.24) is 25.0 Å². The predicted octanol–water partition coefficient (Wildman–Crippen LogP) is 4.23. The van der Waals surface area contributed by atoms with Crippen molar-refractivity contribution >= 4 is 23.4 Å². The quantitative estimate of drug-likeness (QED) is 0.335. The number of aromatic nitrogens is 5. The van der Waals surface area contributed by atoms with E-state index in [2.05, 4.69) is 25.6 Å². The summed E-state index contributed by atoms with van der Waals surface area (Å²) in [6.45, 7) is 3.97. The second-order valence-corrected chi connectivity index (χ2v) is 8.05. The topological polar surface area (TPSA) is 94.8 Å². The SMILES string of the molecule is COc1ccc(C)cc1NC(=O)c1nnn(-c2ccc(C)cc2)c1CSc1ncccn1. The molecule has 1 N–H and O–H groups in total. The number of hydrogen-bond acceptors (Lipinski definition) is 7. The maximum absolute atomic E-state index is 13.2. The molecule has 4 aromatic rings. The van der Waals surface area contributed by atoms with Gasteiger partial charge in [0.1, 0.15) is 5.75 Å². The summed E-state index contributed by atoms with van der Waals surface area (Å²) in [5.41, 5.74) is 4.41. The van der Waals surface area contributed by atoms with Crippen LogP contribution in [-0.4, -0.2) is 38.0 Å². The van der Waals surface area contributed by atoms with Crippen LogP contribution in [0.4, 0.5) is 5.69 Å². The first-order valence-electron chi connectivity index (χ1n) is 9.92. The molecule has 0 spiro atoms. The largest absolute Gasteiger partial charge is 0.495 e. The van der Waals surface area contributed by atoms with E-state index in [1.807, 2.05) is 56.3 Å². The van der Waals surface area contributed by atoms with Gasteiger partial charge in [-0.15, -0.1) is 5.10 Å². The van der Waals surface area contributed by atoms with Crippen LogP contribution >= 0.6 is 11.8 Å². The Morgan fingerprint density at radius 2 is 1.78 bits per heavy atom. The van der Waals surface area contributed by atoms with Gasteiger partial charge in [0.05, 0.1) is 24.2 Å². The number of carbonyl (C=O) groups excluding carboxylic acids is 1. The van der Waals surface area contributed by atoms with Crippen molar-refractivity contribution in [2.24, 2.45) is 0 Å². The molecule has 0 saturated carbocycles. The fourth-order valence-electron chi connectivity index (χ4n) is 3.09. The van der Waals surface area contributed by atoms with Crippen LogP contribution in [-0.2, 0) is 5.75 Å². The highest BCUT2D eigenvalue weighted by molar-refractivity contribution is 7.98. The first-order valence-corrected chi connectivity index (χ1v) is 10.9. The summed E-state index contributed by atoms with van der Waals surface area (Å²) in [5, 5.41) is 12.0. The normalized spacial score (nSPS) is 10.7. The van der Waals surface area contributed by atoms with E-state index in [1.54, 1.807) is 30.3 Å². The number of ether oxygens (including phenoxy) is 1. The van der Waals surface area contributed by atoms with E-state index < -0.39 is 0 Å². The van der Waals surface area contributed by atoms with E-state index in [1.165, 1.54) is 11.8 Å². The third-order valence-corrected chi connectivity index (χ3v) is 5.63. The molecule has 8 nitrogen and oxygen atoms in total. The van der Waals surface area contributed by atoms with Gasteiger partial charge in [-0.1, -0.05) is 40.7 Å². The van der Waals surface area contributed by atoms with Crippen LogP contribution in [0.2, 0.25) is 0 Å². The Bertz CT molecular complexity index is 1230. The van der Waals surface area contributed by atoms with Crippen LogP contribution in [0.5, 0.6) is 5.75 Å². The van der Waals surface area contributed by atoms with Gasteiger partial charge in [0.2, 0.25) is 0 Å². The first-order chi connectivity index (χ1) is 15.5. The maximum atomic E-state index is 13.2. The maximum Gasteiger partial charge on any atom is 0.278 e. The number of amides is 1. The van der Waals surface area contributed by atoms with E-state index in [0.717, 1.165) is 16.8 Å². The van der Waals surface area contributed by atoms with Crippen molar-refractivity contribution in [3.8, 4) is 11.4 Å². The molecule has 0 bridgehead atoms. The minimum absolute atomic E-state index is 0.234. The monoisotopic (exact) mass is 446 g/mol. The van der Waals surface area contributed by atoms with Crippen LogP contribution in [0.15, 0.2) is 66.1 Å². The molecule has 0 fully saturated rings. The number of thioether (sulfide) groups is 1. The lowest BCUT2D eigenvalue weighted by Crippen LogP contribution is -2.16. The molecule has 2 aromatic heterocycles. The number of aryl methyl sites for hydroxylation is 2. The number of anilines is 1. The smallest absolute Gasteiger partial charge is 0.278 e. The number of rotatable bonds is 7. The average molecular weight is 447 g/mol. The molecule has 0 saturated heterocycles. The number of hydrogen-bond donors (Lipinski definition) is 1. The molecule has 0 atom stereocenters. The fourth-order valence-corrected chi connectivity index (χ4v) is 3.89. The van der Waals surface area contributed by atoms with Gasteiger partial charge >= 0.3 is 0 Å². The van der Waals surface area contributed by atoms with E-state index in [-0.39, 0.29) is 11.6 Å². The number of nitrogens with one attached hydrogen (secondary N) is 1. The van der Waals surface area contributed by atoms with Crippen LogP contribution in [0, 0.1) is 13.8 Å². The molecule has 2 aromatic carbocycles. The molecule has 0 aliphatic rings. The van der Waals surface area contributed by atoms with Gasteiger partial charge in [-0.25, -0.2) is 14.6 Å². The van der Waals surface area contributed by atoms with Crippen molar-refractivity contribution in [3.63, 3.8) is 0 Å². The third-order valence-electron chi connectivity index (χ3n) is 4.74. The summed E-state index contributed by atoms with van der Waals surface area (Å²) < 4.78 is 7.06. The molecule has 4 rings (SSSR count). The Labute approximate surface area is 190 Å². The standard InChI is InChI=1S/C23H22N6O2S/c1-15-5-8-17(9-6-15)29-19(14-32-23-24-11-4-12-25-23)21(27-28-29)22(30)26-18-13-16(2)7-10-20(18)31-3/h4-13H,14H2,1-3H3,(H,26,30). The Morgan fingerprint density at radius 1 is 1.06 bits per heavy atom. The van der Waals surface area contributed by atoms with E-state index >= 15 is 0 Å². The zero-order valence-corrected chi connectivity index (χ0v) is 18.8. The average Bonchev–Trinajstić information content (AvgIpc) is 3.23. The Hall–Kier alpha value is -3.72. The van der Waals surface area contributed by atoms with Crippen molar-refractivity contribution in [2.45, 2.75) is 24.8 Å². The lowest BCUT2D eigenvalue weighted by Gasteiger charge is -2.11. The van der Waals surface area contributed by atoms with E-state index in [0.29, 0.717) is 28.0 Å². The number of methoxy groups -OCH3 is 1. The van der Waals surface area contributed by atoms with Crippen molar-refractivity contribution in [3.05, 3.63) is 83.4 Å². The highest BCUT2D eigenvalue weighted by atomic mass is 32.2. The van der Waals surface area contributed by atoms with Gasteiger partial charge in [-0.05, 0) is 49.7 Å². The fraction of sp³-hybridized carbons (Fsp3) is 0.174. The van der Waals surface area contributed by atoms with Crippen LogP contribution in [0.1, 0.15) is 27.3 Å². The van der Waals surface area contributed by atoms with Gasteiger partial charge in [0.25, 0.3) is 5.91 Å². The minimum atomic E-state index is -0.364.